The molecule has 4 aromatic carbocycles. The van der Waals surface area contributed by atoms with E-state index in [1.54, 1.807) is 24.5 Å². The molecular formula is C70H77Cl4F3N8O9. The highest BCUT2D eigenvalue weighted by atomic mass is 35.5. The molecule has 500 valence electrons. The second kappa shape index (κ2) is 29.8. The second-order valence-corrected chi connectivity index (χ2v) is 27.2. The number of ether oxygens (including phenoxy) is 5. The van der Waals surface area contributed by atoms with E-state index in [2.05, 4.69) is 42.6 Å². The van der Waals surface area contributed by atoms with E-state index in [4.69, 9.17) is 70.1 Å². The molecule has 2 unspecified atom stereocenters. The van der Waals surface area contributed by atoms with Crippen molar-refractivity contribution in [1.29, 1.82) is 0 Å². The summed E-state index contributed by atoms with van der Waals surface area (Å²) in [6.07, 6.45) is 16.4. The molecule has 4 amide bonds. The van der Waals surface area contributed by atoms with Gasteiger partial charge in [-0.05, 0) is 118 Å². The number of fused-ring (bicyclic) bond motifs is 6. The molecule has 0 radical (unpaired) electrons. The fraction of sp³-hybridized carbons (Fsp3) is 0.457. The Hall–Kier alpha value is -6.59. The molecule has 6 fully saturated rings. The summed E-state index contributed by atoms with van der Waals surface area (Å²) in [6.45, 7) is 10.2. The average Bonchev–Trinajstić information content (AvgIpc) is 1.64. The van der Waals surface area contributed by atoms with Gasteiger partial charge in [0.2, 0.25) is 5.92 Å². The SMILES string of the molecule is CC(F)(F)CCNC(=O)c1cn(C2COC2)c2cccc(Cl)c12.CC(F)CNC(=O)c1cn(C2COC2)c2cccc(Cl)c12.O=C(NCC1CCCOC1)c1cn(C2COC2)c2cccc(Cl)c12.O=C(NCC[C@@H]1C[C@@H]2C=C[C@H]1C2)c1cn(C2COC2)c2cccc(Cl)c12. The van der Waals surface area contributed by atoms with E-state index < -0.39 is 24.4 Å². The van der Waals surface area contributed by atoms with Crippen LogP contribution in [0.3, 0.4) is 0 Å². The van der Waals surface area contributed by atoms with E-state index in [-0.39, 0.29) is 48.9 Å². The number of hydrogen-bond acceptors (Lipinski definition) is 9. The first kappa shape index (κ1) is 67.4. The van der Waals surface area contributed by atoms with Gasteiger partial charge in [0.15, 0.2) is 0 Å². The van der Waals surface area contributed by atoms with Gasteiger partial charge < -0.3 is 63.2 Å². The summed E-state index contributed by atoms with van der Waals surface area (Å²) in [5.41, 5.74) is 5.92. The third-order valence-corrected chi connectivity index (χ3v) is 19.9. The maximum atomic E-state index is 12.9. The Morgan fingerprint density at radius 2 is 0.926 bits per heavy atom. The second-order valence-electron chi connectivity index (χ2n) is 25.5. The Bertz CT molecular complexity index is 4080. The molecule has 24 heteroatoms. The van der Waals surface area contributed by atoms with Crippen molar-refractivity contribution in [2.24, 2.45) is 23.7 Å². The molecule has 5 atom stereocenters. The molecule has 7 aliphatic rings. The van der Waals surface area contributed by atoms with Crippen molar-refractivity contribution in [3.63, 3.8) is 0 Å². The lowest BCUT2D eigenvalue weighted by Gasteiger charge is -2.28. The standard InChI is InChI=1S/C21H23ClN2O2.C18H21ClN2O3.C16H17ClF2N2O2.C15H16ClFN2O2/c22-18-2-1-3-19-20(18)17(10-24(19)16-11-26-12-16)21(25)23-7-6-15-9-13-4-5-14(15)8-13;19-15-4-1-5-16-17(15)14(8-21(16)13-10-24-11-13)18(22)20-7-12-3-2-6-23-9-12;1-16(18,19)5-6-20-15(22)11-7-21(10-8-23-9-10)13-4-2-3-12(17)14(11)13;1-9(17)5-18-15(20)11-6-19(10-7-21-8-10)13-4-2-3-12(16)14(11)13/h1-5,10,13-16H,6-9,11-12H2,(H,23,25);1,4-5,8,12-13H,2-3,6-7,9-11H2,(H,20,22);2-4,7,10H,5-6,8-9H2,1H3,(H,20,22);2-4,6,9-10H,5,7-8H2,1H3,(H,18,20)/t13-,14+,15-;;;/m1.../s1. The molecule has 8 aromatic rings. The van der Waals surface area contributed by atoms with Gasteiger partial charge in [-0.3, -0.25) is 19.2 Å². The number of rotatable bonds is 18. The minimum absolute atomic E-state index is 0.0114. The molecule has 5 saturated heterocycles. The zero-order chi connectivity index (χ0) is 65.8. The zero-order valence-electron chi connectivity index (χ0n) is 52.3. The first-order valence-corrected chi connectivity index (χ1v) is 33.8. The number of halogens is 7. The smallest absolute Gasteiger partial charge is 0.253 e. The van der Waals surface area contributed by atoms with Crippen LogP contribution < -0.4 is 21.3 Å². The highest BCUT2D eigenvalue weighted by Gasteiger charge is 2.36. The van der Waals surface area contributed by atoms with Crippen molar-refractivity contribution >= 4 is 114 Å². The molecule has 15 rings (SSSR count). The predicted octanol–water partition coefficient (Wildman–Crippen LogP) is 13.8. The Kier molecular flexibility index (Phi) is 21.4. The summed E-state index contributed by atoms with van der Waals surface area (Å²) < 4.78 is 73.4. The Morgan fingerprint density at radius 3 is 1.26 bits per heavy atom. The molecule has 17 nitrogen and oxygen atoms in total. The largest absolute Gasteiger partial charge is 0.381 e. The van der Waals surface area contributed by atoms with Crippen LogP contribution in [0.25, 0.3) is 43.6 Å². The van der Waals surface area contributed by atoms with E-state index in [9.17, 15) is 32.3 Å². The fourth-order valence-electron chi connectivity index (χ4n) is 13.3. The van der Waals surface area contributed by atoms with Gasteiger partial charge in [0.05, 0.1) is 148 Å². The van der Waals surface area contributed by atoms with Crippen molar-refractivity contribution in [3.05, 3.63) is 152 Å². The van der Waals surface area contributed by atoms with Gasteiger partial charge >= 0.3 is 0 Å². The third kappa shape index (κ3) is 15.0. The lowest BCUT2D eigenvalue weighted by atomic mass is 9.90. The third-order valence-electron chi connectivity index (χ3n) is 18.7. The van der Waals surface area contributed by atoms with Gasteiger partial charge in [-0.2, -0.15) is 0 Å². The van der Waals surface area contributed by atoms with Gasteiger partial charge in [0, 0.05) is 85.5 Å². The number of benzene rings is 4. The molecule has 0 spiro atoms. The summed E-state index contributed by atoms with van der Waals surface area (Å²) in [4.78, 5) is 50.3. The van der Waals surface area contributed by atoms with Crippen LogP contribution in [0, 0.1) is 23.7 Å². The normalized spacial score (nSPS) is 20.6. The summed E-state index contributed by atoms with van der Waals surface area (Å²) in [5, 5.41) is 16.5. The van der Waals surface area contributed by atoms with E-state index >= 15 is 0 Å². The minimum Gasteiger partial charge on any atom is -0.381 e. The molecule has 4 aromatic heterocycles. The summed E-state index contributed by atoms with van der Waals surface area (Å²) in [6, 6.07) is 23.5. The van der Waals surface area contributed by atoms with Crippen molar-refractivity contribution in [2.45, 2.75) is 88.6 Å². The minimum atomic E-state index is -2.80. The monoisotopic (exact) mass is 1370 g/mol. The van der Waals surface area contributed by atoms with Gasteiger partial charge in [-0.1, -0.05) is 82.8 Å². The van der Waals surface area contributed by atoms with Crippen LogP contribution in [0.4, 0.5) is 13.2 Å². The molecule has 1 saturated carbocycles. The molecular weight excluding hydrogens is 1300 g/mol. The lowest BCUT2D eigenvalue weighted by molar-refractivity contribution is -0.0214. The molecule has 2 aliphatic carbocycles. The van der Waals surface area contributed by atoms with Gasteiger partial charge in [-0.25, -0.2) is 13.2 Å². The number of carbonyl (C=O) groups excluding carboxylic acids is 4. The Morgan fingerprint density at radius 1 is 0.532 bits per heavy atom. The number of hydrogen-bond donors (Lipinski definition) is 4. The first-order valence-electron chi connectivity index (χ1n) is 32.3. The van der Waals surface area contributed by atoms with Crippen LogP contribution in [-0.2, 0) is 23.7 Å². The number of allylic oxidation sites excluding steroid dienone is 2. The molecule has 5 aliphatic heterocycles. The maximum absolute atomic E-state index is 12.9. The van der Waals surface area contributed by atoms with Gasteiger partial charge in [-0.15, -0.1) is 0 Å². The number of alkyl halides is 3. The Labute approximate surface area is 562 Å². The maximum Gasteiger partial charge on any atom is 0.253 e. The zero-order valence-corrected chi connectivity index (χ0v) is 55.4. The number of amides is 4. The quantitative estimate of drug-likeness (QED) is 0.0608. The van der Waals surface area contributed by atoms with Crippen LogP contribution >= 0.6 is 46.4 Å². The number of nitrogens with one attached hydrogen (secondary N) is 4. The fourth-order valence-corrected chi connectivity index (χ4v) is 14.4. The molecule has 94 heavy (non-hydrogen) atoms. The van der Waals surface area contributed by atoms with E-state index in [0.29, 0.717) is 124 Å². The van der Waals surface area contributed by atoms with Crippen LogP contribution in [0.1, 0.15) is 118 Å². The van der Waals surface area contributed by atoms with Crippen LogP contribution in [0.2, 0.25) is 20.1 Å². The number of aromatic nitrogens is 4. The van der Waals surface area contributed by atoms with Crippen molar-refractivity contribution in [2.75, 3.05) is 92.2 Å². The molecule has 9 heterocycles. The highest BCUT2D eigenvalue weighted by Crippen LogP contribution is 2.45. The number of carbonyl (C=O) groups is 4. The summed E-state index contributed by atoms with van der Waals surface area (Å²) in [5.74, 6) is -0.980. The Balaban J connectivity index is 0.000000121. The molecule has 4 N–H and O–H groups in total. The van der Waals surface area contributed by atoms with Crippen molar-refractivity contribution in [1.82, 2.24) is 39.5 Å². The topological polar surface area (TPSA) is 182 Å². The lowest BCUT2D eigenvalue weighted by Crippen LogP contribution is -2.33. The van der Waals surface area contributed by atoms with Gasteiger partial charge in [0.25, 0.3) is 23.6 Å². The van der Waals surface area contributed by atoms with E-state index in [1.165, 1.54) is 19.8 Å². The first-order chi connectivity index (χ1) is 45.4. The van der Waals surface area contributed by atoms with Crippen LogP contribution in [0.15, 0.2) is 110 Å². The molecule has 2 bridgehead atoms. The van der Waals surface area contributed by atoms with Crippen LogP contribution in [-0.4, -0.2) is 146 Å². The van der Waals surface area contributed by atoms with E-state index in [1.807, 2.05) is 82.2 Å². The summed E-state index contributed by atoms with van der Waals surface area (Å²) in [7, 11) is 0. The summed E-state index contributed by atoms with van der Waals surface area (Å²) >= 11 is 25.3. The van der Waals surface area contributed by atoms with Crippen LogP contribution in [0.5, 0.6) is 0 Å². The average molecular weight is 1370 g/mol. The van der Waals surface area contributed by atoms with Crippen molar-refractivity contribution < 1.29 is 56.0 Å². The van der Waals surface area contributed by atoms with Crippen molar-refractivity contribution in [3.8, 4) is 0 Å². The number of nitrogens with zero attached hydrogens (tertiary/aromatic N) is 4. The van der Waals surface area contributed by atoms with Gasteiger partial charge in [0.1, 0.15) is 6.17 Å². The van der Waals surface area contributed by atoms with E-state index in [0.717, 1.165) is 96.5 Å². The predicted molar refractivity (Wildman–Crippen MR) is 359 cm³/mol. The highest BCUT2D eigenvalue weighted by molar-refractivity contribution is 6.38.